The fourth-order valence-electron chi connectivity index (χ4n) is 2.49. The lowest BCUT2D eigenvalue weighted by atomic mass is 10.2. The summed E-state index contributed by atoms with van der Waals surface area (Å²) in [5.41, 5.74) is 3.30. The van der Waals surface area contributed by atoms with Gasteiger partial charge in [0.2, 0.25) is 5.91 Å². The number of fused-ring (bicyclic) bond motifs is 1. The van der Waals surface area contributed by atoms with Crippen LogP contribution in [0, 0.1) is 6.92 Å². The highest BCUT2D eigenvalue weighted by Gasteiger charge is 2.05. The fraction of sp³-hybridized carbons (Fsp3) is 0.263. The summed E-state index contributed by atoms with van der Waals surface area (Å²) in [5, 5.41) is 2.98. The molecule has 4 nitrogen and oxygen atoms in total. The van der Waals surface area contributed by atoms with E-state index in [2.05, 4.69) is 41.5 Å². The van der Waals surface area contributed by atoms with Crippen LogP contribution in [-0.2, 0) is 11.3 Å². The molecule has 0 unspecified atom stereocenters. The monoisotopic (exact) mass is 339 g/mol. The Hall–Kier alpha value is -2.27. The van der Waals surface area contributed by atoms with Gasteiger partial charge in [-0.2, -0.15) is 0 Å². The van der Waals surface area contributed by atoms with E-state index in [1.807, 2.05) is 28.8 Å². The minimum Gasteiger partial charge on any atom is -0.355 e. The van der Waals surface area contributed by atoms with Gasteiger partial charge in [-0.05, 0) is 31.2 Å². The molecule has 1 N–H and O–H groups in total. The molecule has 0 aliphatic rings. The molecule has 3 rings (SSSR count). The first-order chi connectivity index (χ1) is 11.7. The minimum atomic E-state index is 0.0808. The Kier molecular flexibility index (Phi) is 5.54. The number of thioether (sulfide) groups is 1. The molecule has 124 valence electrons. The second kappa shape index (κ2) is 8.02. The van der Waals surface area contributed by atoms with Crippen molar-refractivity contribution >= 4 is 28.7 Å². The average Bonchev–Trinajstić information content (AvgIpc) is 3.02. The van der Waals surface area contributed by atoms with Crippen LogP contribution >= 0.6 is 11.8 Å². The molecule has 0 fully saturated rings. The summed E-state index contributed by atoms with van der Waals surface area (Å²) in [6, 6.07) is 16.4. The molecular weight excluding hydrogens is 318 g/mol. The maximum atomic E-state index is 12.0. The lowest BCUT2D eigenvalue weighted by molar-refractivity contribution is -0.121. The van der Waals surface area contributed by atoms with Crippen molar-refractivity contribution in [1.82, 2.24) is 14.9 Å². The van der Waals surface area contributed by atoms with Crippen LogP contribution in [0.15, 0.2) is 59.8 Å². The number of nitrogens with one attached hydrogen (secondary N) is 1. The summed E-state index contributed by atoms with van der Waals surface area (Å²) in [6.07, 6.45) is 2.26. The number of benzene rings is 2. The molecule has 0 bridgehead atoms. The highest BCUT2D eigenvalue weighted by atomic mass is 32.2. The van der Waals surface area contributed by atoms with Gasteiger partial charge in [0, 0.05) is 30.2 Å². The van der Waals surface area contributed by atoms with E-state index in [1.165, 1.54) is 10.5 Å². The quantitative estimate of drug-likeness (QED) is 0.528. The molecule has 1 amide bonds. The second-order valence-corrected chi connectivity index (χ2v) is 6.86. The van der Waals surface area contributed by atoms with E-state index in [9.17, 15) is 4.79 Å². The van der Waals surface area contributed by atoms with E-state index in [0.717, 1.165) is 16.8 Å². The molecular formula is C19H21N3OS. The predicted octanol–water partition coefficient (Wildman–Crippen LogP) is 3.64. The van der Waals surface area contributed by atoms with Gasteiger partial charge in [-0.3, -0.25) is 4.79 Å². The van der Waals surface area contributed by atoms with Gasteiger partial charge in [-0.15, -0.1) is 11.8 Å². The Balaban J connectivity index is 1.39. The molecule has 0 saturated carbocycles. The molecule has 5 heteroatoms. The summed E-state index contributed by atoms with van der Waals surface area (Å²) < 4.78 is 2.02. The summed E-state index contributed by atoms with van der Waals surface area (Å²) in [7, 11) is 0. The number of nitrogens with zero attached hydrogens (tertiary/aromatic N) is 2. The van der Waals surface area contributed by atoms with E-state index in [4.69, 9.17) is 0 Å². The number of hydrogen-bond donors (Lipinski definition) is 1. The van der Waals surface area contributed by atoms with Crippen LogP contribution < -0.4 is 5.32 Å². The van der Waals surface area contributed by atoms with E-state index in [0.29, 0.717) is 19.5 Å². The summed E-state index contributed by atoms with van der Waals surface area (Å²) in [4.78, 5) is 17.6. The Bertz CT molecular complexity index is 811. The number of hydrogen-bond acceptors (Lipinski definition) is 3. The first kappa shape index (κ1) is 16.6. The normalized spacial score (nSPS) is 10.9. The van der Waals surface area contributed by atoms with Crippen LogP contribution in [0.5, 0.6) is 0 Å². The second-order valence-electron chi connectivity index (χ2n) is 5.69. The van der Waals surface area contributed by atoms with Crippen LogP contribution in [-0.4, -0.2) is 27.8 Å². The Labute approximate surface area is 146 Å². The molecule has 0 aliphatic carbocycles. The number of aromatic nitrogens is 2. The summed E-state index contributed by atoms with van der Waals surface area (Å²) in [5.74, 6) is 0.959. The number of carbonyl (C=O) groups is 1. The maximum Gasteiger partial charge on any atom is 0.221 e. The number of imidazole rings is 1. The number of rotatable bonds is 7. The lowest BCUT2D eigenvalue weighted by Gasteiger charge is -2.07. The van der Waals surface area contributed by atoms with Crippen molar-refractivity contribution in [3.05, 3.63) is 60.4 Å². The Morgan fingerprint density at radius 3 is 2.79 bits per heavy atom. The van der Waals surface area contributed by atoms with E-state index in [1.54, 1.807) is 18.1 Å². The fourth-order valence-corrected chi connectivity index (χ4v) is 3.26. The summed E-state index contributed by atoms with van der Waals surface area (Å²) in [6.45, 7) is 3.41. The van der Waals surface area contributed by atoms with Crippen molar-refractivity contribution in [1.29, 1.82) is 0 Å². The Morgan fingerprint density at radius 1 is 1.17 bits per heavy atom. The minimum absolute atomic E-state index is 0.0808. The standard InChI is InChI=1S/C19H21N3OS/c1-15-6-8-16(9-7-15)24-13-11-20-19(23)10-12-22-14-21-17-4-2-3-5-18(17)22/h2-9,14H,10-13H2,1H3,(H,20,23). The molecule has 2 aromatic carbocycles. The third-order valence-electron chi connectivity index (χ3n) is 3.82. The molecule has 1 heterocycles. The average molecular weight is 339 g/mol. The first-order valence-electron chi connectivity index (χ1n) is 8.08. The number of amides is 1. The molecule has 1 aromatic heterocycles. The predicted molar refractivity (Wildman–Crippen MR) is 99.3 cm³/mol. The summed E-state index contributed by atoms with van der Waals surface area (Å²) >= 11 is 1.76. The number of carbonyl (C=O) groups excluding carboxylic acids is 1. The van der Waals surface area contributed by atoms with Crippen molar-refractivity contribution < 1.29 is 4.79 Å². The number of para-hydroxylation sites is 2. The van der Waals surface area contributed by atoms with Gasteiger partial charge in [-0.25, -0.2) is 4.98 Å². The van der Waals surface area contributed by atoms with E-state index in [-0.39, 0.29) is 5.91 Å². The van der Waals surface area contributed by atoms with E-state index < -0.39 is 0 Å². The SMILES string of the molecule is Cc1ccc(SCCNC(=O)CCn2cnc3ccccc32)cc1. The van der Waals surface area contributed by atoms with Crippen LogP contribution in [0.4, 0.5) is 0 Å². The molecule has 3 aromatic rings. The topological polar surface area (TPSA) is 46.9 Å². The maximum absolute atomic E-state index is 12.0. The van der Waals surface area contributed by atoms with Crippen molar-refractivity contribution in [2.24, 2.45) is 0 Å². The third kappa shape index (κ3) is 4.38. The molecule has 0 aliphatic heterocycles. The van der Waals surface area contributed by atoms with Crippen LogP contribution in [0.3, 0.4) is 0 Å². The van der Waals surface area contributed by atoms with Gasteiger partial charge in [-0.1, -0.05) is 29.8 Å². The highest BCUT2D eigenvalue weighted by molar-refractivity contribution is 7.99. The lowest BCUT2D eigenvalue weighted by Crippen LogP contribution is -2.26. The first-order valence-corrected chi connectivity index (χ1v) is 9.07. The smallest absolute Gasteiger partial charge is 0.221 e. The van der Waals surface area contributed by atoms with Crippen LogP contribution in [0.2, 0.25) is 0 Å². The highest BCUT2D eigenvalue weighted by Crippen LogP contribution is 2.17. The van der Waals surface area contributed by atoms with Crippen molar-refractivity contribution in [2.75, 3.05) is 12.3 Å². The van der Waals surface area contributed by atoms with Crippen LogP contribution in [0.1, 0.15) is 12.0 Å². The van der Waals surface area contributed by atoms with Gasteiger partial charge >= 0.3 is 0 Å². The van der Waals surface area contributed by atoms with Crippen molar-refractivity contribution in [2.45, 2.75) is 24.8 Å². The molecule has 0 atom stereocenters. The Morgan fingerprint density at radius 2 is 1.96 bits per heavy atom. The molecule has 0 spiro atoms. The van der Waals surface area contributed by atoms with Gasteiger partial charge in [0.25, 0.3) is 0 Å². The van der Waals surface area contributed by atoms with Crippen molar-refractivity contribution in [3.8, 4) is 0 Å². The van der Waals surface area contributed by atoms with Gasteiger partial charge in [0.1, 0.15) is 0 Å². The molecule has 0 radical (unpaired) electrons. The van der Waals surface area contributed by atoms with Crippen molar-refractivity contribution in [3.63, 3.8) is 0 Å². The molecule has 0 saturated heterocycles. The zero-order valence-corrected chi connectivity index (χ0v) is 14.6. The van der Waals surface area contributed by atoms with Gasteiger partial charge in [0.15, 0.2) is 0 Å². The van der Waals surface area contributed by atoms with E-state index >= 15 is 0 Å². The zero-order chi connectivity index (χ0) is 16.8. The third-order valence-corrected chi connectivity index (χ3v) is 4.83. The zero-order valence-electron chi connectivity index (χ0n) is 13.7. The van der Waals surface area contributed by atoms with Gasteiger partial charge < -0.3 is 9.88 Å². The largest absolute Gasteiger partial charge is 0.355 e. The number of aryl methyl sites for hydroxylation is 2. The molecule has 24 heavy (non-hydrogen) atoms. The van der Waals surface area contributed by atoms with Crippen LogP contribution in [0.25, 0.3) is 11.0 Å². The van der Waals surface area contributed by atoms with Gasteiger partial charge in [0.05, 0.1) is 17.4 Å².